The van der Waals surface area contributed by atoms with Crippen LogP contribution in [0.4, 0.5) is 5.82 Å². The highest BCUT2D eigenvalue weighted by Crippen LogP contribution is 2.16. The van der Waals surface area contributed by atoms with Crippen LogP contribution in [0.1, 0.15) is 24.0 Å². The van der Waals surface area contributed by atoms with Gasteiger partial charge < -0.3 is 5.32 Å². The van der Waals surface area contributed by atoms with Crippen molar-refractivity contribution in [3.8, 4) is 11.4 Å². The van der Waals surface area contributed by atoms with E-state index < -0.39 is 0 Å². The Morgan fingerprint density at radius 2 is 2.09 bits per heavy atom. The second-order valence-corrected chi connectivity index (χ2v) is 5.03. The molecular formula is C16H18N6. The number of aryl methyl sites for hydroxylation is 2. The molecule has 3 aromatic rings. The van der Waals surface area contributed by atoms with Gasteiger partial charge in [-0.2, -0.15) is 5.10 Å². The maximum absolute atomic E-state index is 4.42. The minimum Gasteiger partial charge on any atom is -0.366 e. The van der Waals surface area contributed by atoms with E-state index >= 15 is 0 Å². The molecule has 0 unspecified atom stereocenters. The molecule has 6 heteroatoms. The number of hydrogen-bond donors (Lipinski definition) is 2. The zero-order chi connectivity index (χ0) is 15.4. The first kappa shape index (κ1) is 14.2. The van der Waals surface area contributed by atoms with Gasteiger partial charge in [-0.3, -0.25) is 5.10 Å². The molecule has 0 aliphatic rings. The lowest BCUT2D eigenvalue weighted by molar-refractivity contribution is 0.941. The maximum Gasteiger partial charge on any atom is 0.155 e. The van der Waals surface area contributed by atoms with Crippen LogP contribution in [-0.4, -0.2) is 25.1 Å². The number of nitrogens with zero attached hydrogens (tertiary/aromatic N) is 4. The molecule has 0 saturated heterocycles. The number of anilines is 1. The summed E-state index contributed by atoms with van der Waals surface area (Å²) in [7, 11) is 0. The third-order valence-corrected chi connectivity index (χ3v) is 3.34. The van der Waals surface area contributed by atoms with E-state index in [1.54, 1.807) is 0 Å². The molecule has 0 spiro atoms. The Kier molecular flexibility index (Phi) is 4.09. The molecule has 0 bridgehead atoms. The van der Waals surface area contributed by atoms with Crippen LogP contribution in [0.5, 0.6) is 0 Å². The minimum absolute atomic E-state index is 0.696. The van der Waals surface area contributed by atoms with Gasteiger partial charge in [0.1, 0.15) is 18.0 Å². The van der Waals surface area contributed by atoms with E-state index in [-0.39, 0.29) is 0 Å². The first-order valence-corrected chi connectivity index (χ1v) is 7.27. The molecule has 0 radical (unpaired) electrons. The lowest BCUT2D eigenvalue weighted by Gasteiger charge is -2.09. The molecule has 112 valence electrons. The number of benzene rings is 1. The highest BCUT2D eigenvalue weighted by atomic mass is 15.2. The van der Waals surface area contributed by atoms with Gasteiger partial charge >= 0.3 is 0 Å². The van der Waals surface area contributed by atoms with Crippen LogP contribution in [0.25, 0.3) is 11.4 Å². The Morgan fingerprint density at radius 3 is 2.86 bits per heavy atom. The zero-order valence-electron chi connectivity index (χ0n) is 12.7. The molecule has 0 fully saturated rings. The van der Waals surface area contributed by atoms with E-state index in [9.17, 15) is 0 Å². The monoisotopic (exact) mass is 294 g/mol. The number of nitrogens with one attached hydrogen (secondary N) is 2. The Balaban J connectivity index is 1.74. The van der Waals surface area contributed by atoms with Crippen molar-refractivity contribution in [3.05, 3.63) is 53.7 Å². The van der Waals surface area contributed by atoms with Gasteiger partial charge in [0.05, 0.1) is 0 Å². The molecule has 0 saturated carbocycles. The SMILES string of the molecule is CCc1cc(NCc2cccc(-c3ncn[nH]3)c2)nc(C)n1. The molecular weight excluding hydrogens is 276 g/mol. The fraction of sp³-hybridized carbons (Fsp3) is 0.250. The van der Waals surface area contributed by atoms with Gasteiger partial charge in [-0.1, -0.05) is 25.1 Å². The van der Waals surface area contributed by atoms with E-state index in [4.69, 9.17) is 0 Å². The third kappa shape index (κ3) is 3.28. The van der Waals surface area contributed by atoms with Crippen LogP contribution in [0.15, 0.2) is 36.7 Å². The Morgan fingerprint density at radius 1 is 1.18 bits per heavy atom. The first-order chi connectivity index (χ1) is 10.7. The zero-order valence-corrected chi connectivity index (χ0v) is 12.7. The van der Waals surface area contributed by atoms with Crippen LogP contribution >= 0.6 is 0 Å². The van der Waals surface area contributed by atoms with Crippen molar-refractivity contribution < 1.29 is 0 Å². The largest absolute Gasteiger partial charge is 0.366 e. The minimum atomic E-state index is 0.696. The van der Waals surface area contributed by atoms with Gasteiger partial charge in [0, 0.05) is 23.9 Å². The van der Waals surface area contributed by atoms with Crippen molar-refractivity contribution in [2.24, 2.45) is 0 Å². The molecule has 2 heterocycles. The number of hydrogen-bond acceptors (Lipinski definition) is 5. The smallest absolute Gasteiger partial charge is 0.155 e. The molecule has 2 aromatic heterocycles. The Bertz CT molecular complexity index is 751. The fourth-order valence-corrected chi connectivity index (χ4v) is 2.27. The number of rotatable bonds is 5. The molecule has 0 aliphatic heterocycles. The van der Waals surface area contributed by atoms with Crippen molar-refractivity contribution in [2.45, 2.75) is 26.8 Å². The summed E-state index contributed by atoms with van der Waals surface area (Å²) in [5.41, 5.74) is 3.22. The summed E-state index contributed by atoms with van der Waals surface area (Å²) in [5.74, 6) is 2.42. The summed E-state index contributed by atoms with van der Waals surface area (Å²) in [6.07, 6.45) is 2.41. The van der Waals surface area contributed by atoms with Gasteiger partial charge in [0.25, 0.3) is 0 Å². The van der Waals surface area contributed by atoms with Crippen molar-refractivity contribution >= 4 is 5.82 Å². The van der Waals surface area contributed by atoms with Gasteiger partial charge in [-0.05, 0) is 25.0 Å². The molecule has 1 aromatic carbocycles. The van der Waals surface area contributed by atoms with E-state index in [1.165, 1.54) is 6.33 Å². The highest BCUT2D eigenvalue weighted by Gasteiger charge is 2.03. The van der Waals surface area contributed by atoms with E-state index in [2.05, 4.69) is 49.5 Å². The highest BCUT2D eigenvalue weighted by molar-refractivity contribution is 5.55. The second kappa shape index (κ2) is 6.34. The standard InChI is InChI=1S/C16H18N6/c1-3-14-8-15(21-11(2)20-14)17-9-12-5-4-6-13(7-12)16-18-10-19-22-16/h4-8,10H,3,9H2,1-2H3,(H,17,20,21)(H,18,19,22). The molecule has 22 heavy (non-hydrogen) atoms. The maximum atomic E-state index is 4.42. The summed E-state index contributed by atoms with van der Waals surface area (Å²) < 4.78 is 0. The summed E-state index contributed by atoms with van der Waals surface area (Å²) in [4.78, 5) is 13.0. The van der Waals surface area contributed by atoms with Crippen molar-refractivity contribution in [1.29, 1.82) is 0 Å². The van der Waals surface area contributed by atoms with E-state index in [0.29, 0.717) is 6.54 Å². The van der Waals surface area contributed by atoms with Crippen LogP contribution in [0.2, 0.25) is 0 Å². The van der Waals surface area contributed by atoms with Crippen LogP contribution < -0.4 is 5.32 Å². The molecule has 0 atom stereocenters. The quantitative estimate of drug-likeness (QED) is 0.756. The lowest BCUT2D eigenvalue weighted by atomic mass is 10.1. The molecule has 2 N–H and O–H groups in total. The van der Waals surface area contributed by atoms with Crippen molar-refractivity contribution in [2.75, 3.05) is 5.32 Å². The summed E-state index contributed by atoms with van der Waals surface area (Å²) in [6, 6.07) is 10.2. The van der Waals surface area contributed by atoms with Gasteiger partial charge in [-0.25, -0.2) is 15.0 Å². The number of aromatic amines is 1. The van der Waals surface area contributed by atoms with Gasteiger partial charge in [-0.15, -0.1) is 0 Å². The third-order valence-electron chi connectivity index (χ3n) is 3.34. The van der Waals surface area contributed by atoms with E-state index in [1.807, 2.05) is 25.1 Å². The average molecular weight is 294 g/mol. The lowest BCUT2D eigenvalue weighted by Crippen LogP contribution is -2.05. The number of H-pyrrole nitrogens is 1. The summed E-state index contributed by atoms with van der Waals surface area (Å²) in [6.45, 7) is 4.70. The predicted octanol–water partition coefficient (Wildman–Crippen LogP) is 2.74. The van der Waals surface area contributed by atoms with Crippen LogP contribution in [-0.2, 0) is 13.0 Å². The molecule has 3 rings (SSSR count). The van der Waals surface area contributed by atoms with Crippen LogP contribution in [0, 0.1) is 6.92 Å². The fourth-order valence-electron chi connectivity index (χ4n) is 2.27. The van der Waals surface area contributed by atoms with Crippen molar-refractivity contribution in [3.63, 3.8) is 0 Å². The van der Waals surface area contributed by atoms with Gasteiger partial charge in [0.15, 0.2) is 5.82 Å². The Hall–Kier alpha value is -2.76. The normalized spacial score (nSPS) is 10.6. The second-order valence-electron chi connectivity index (χ2n) is 5.03. The Labute approximate surface area is 129 Å². The predicted molar refractivity (Wildman–Crippen MR) is 85.3 cm³/mol. The molecule has 0 aliphatic carbocycles. The molecule has 6 nitrogen and oxygen atoms in total. The van der Waals surface area contributed by atoms with Crippen LogP contribution in [0.3, 0.4) is 0 Å². The summed E-state index contributed by atoms with van der Waals surface area (Å²) >= 11 is 0. The number of aromatic nitrogens is 5. The summed E-state index contributed by atoms with van der Waals surface area (Å²) in [5, 5.41) is 10.1. The van der Waals surface area contributed by atoms with E-state index in [0.717, 1.165) is 40.7 Å². The van der Waals surface area contributed by atoms with Gasteiger partial charge in [0.2, 0.25) is 0 Å². The first-order valence-electron chi connectivity index (χ1n) is 7.27. The topological polar surface area (TPSA) is 79.4 Å². The average Bonchev–Trinajstić information content (AvgIpc) is 3.07. The molecule has 0 amide bonds. The van der Waals surface area contributed by atoms with Crippen molar-refractivity contribution in [1.82, 2.24) is 25.1 Å².